The zero-order valence-corrected chi connectivity index (χ0v) is 18.4. The van der Waals surface area contributed by atoms with Crippen LogP contribution in [0.3, 0.4) is 0 Å². The number of fused-ring (bicyclic) bond motifs is 1. The van der Waals surface area contributed by atoms with Gasteiger partial charge in [0.15, 0.2) is 0 Å². The predicted octanol–water partition coefficient (Wildman–Crippen LogP) is 3.78. The minimum atomic E-state index is -0.408. The Hall–Kier alpha value is -2.48. The van der Waals surface area contributed by atoms with Gasteiger partial charge in [0.05, 0.1) is 11.7 Å². The molecule has 156 valence electrons. The molecule has 0 aromatic heterocycles. The molecule has 0 radical (unpaired) electrons. The average Bonchev–Trinajstić information content (AvgIpc) is 2.75. The lowest BCUT2D eigenvalue weighted by Gasteiger charge is -2.31. The lowest BCUT2D eigenvalue weighted by molar-refractivity contribution is -0.114. The van der Waals surface area contributed by atoms with Crippen molar-refractivity contribution < 1.29 is 14.3 Å². The minimum Gasteiger partial charge on any atom is -0.381 e. The molecule has 1 saturated heterocycles. The molecule has 0 atom stereocenters. The summed E-state index contributed by atoms with van der Waals surface area (Å²) in [6.45, 7) is 3.02. The van der Waals surface area contributed by atoms with E-state index in [4.69, 9.17) is 4.74 Å². The fraction of sp³-hybridized carbons (Fsp3) is 0.304. The van der Waals surface area contributed by atoms with Gasteiger partial charge in [0.2, 0.25) is 0 Å². The molecule has 2 N–H and O–H groups in total. The number of anilines is 1. The number of carbonyl (C=O) groups excluding carboxylic acids is 2. The highest BCUT2D eigenvalue weighted by atomic mass is 79.9. The molecule has 2 aliphatic rings. The van der Waals surface area contributed by atoms with E-state index in [2.05, 4.69) is 43.6 Å². The number of amides is 2. The number of hydrogen-bond acceptors (Lipinski definition) is 5. The molecule has 6 nitrogen and oxygen atoms in total. The molecule has 1 fully saturated rings. The van der Waals surface area contributed by atoms with E-state index in [9.17, 15) is 9.59 Å². The molecule has 0 saturated carbocycles. The largest absolute Gasteiger partial charge is 0.381 e. The van der Waals surface area contributed by atoms with Gasteiger partial charge in [0, 0.05) is 54.2 Å². The van der Waals surface area contributed by atoms with Gasteiger partial charge in [-0.1, -0.05) is 28.1 Å². The summed E-state index contributed by atoms with van der Waals surface area (Å²) in [5.74, 6) is -0.785. The highest BCUT2D eigenvalue weighted by molar-refractivity contribution is 9.10. The van der Waals surface area contributed by atoms with Crippen LogP contribution in [0.15, 0.2) is 53.1 Å². The standard InChI is InChI=1S/C23H24BrN3O3/c1-30-18-8-10-27(11-9-18)14-15-2-5-17(6-3-15)25-13-21-20-12-16(24)4-7-19(20)22(28)26-23(21)29/h2-7,12-13,18,25H,8-11,14H2,1H3,(H,26,28,29). The van der Waals surface area contributed by atoms with E-state index in [1.54, 1.807) is 31.5 Å². The van der Waals surface area contributed by atoms with Crippen LogP contribution in [0.1, 0.15) is 34.3 Å². The Morgan fingerprint density at radius 3 is 2.53 bits per heavy atom. The first-order valence-corrected chi connectivity index (χ1v) is 10.8. The lowest BCUT2D eigenvalue weighted by Crippen LogP contribution is -2.36. The molecule has 0 bridgehead atoms. The van der Waals surface area contributed by atoms with E-state index in [-0.39, 0.29) is 5.91 Å². The Kier molecular flexibility index (Phi) is 6.32. The number of carbonyl (C=O) groups is 2. The Labute approximate surface area is 184 Å². The third-order valence-electron chi connectivity index (χ3n) is 5.60. The van der Waals surface area contributed by atoms with Crippen LogP contribution in [-0.4, -0.2) is 43.0 Å². The number of hydrogen-bond donors (Lipinski definition) is 2. The van der Waals surface area contributed by atoms with Gasteiger partial charge in [-0.25, -0.2) is 0 Å². The number of piperidine rings is 1. The SMILES string of the molecule is COC1CCN(Cc2ccc(NC=C3C(=O)NC(=O)c4ccc(Br)cc43)cc2)CC1. The van der Waals surface area contributed by atoms with Crippen LogP contribution in [0.25, 0.3) is 5.57 Å². The fourth-order valence-electron chi connectivity index (χ4n) is 3.86. The van der Waals surface area contributed by atoms with Crippen molar-refractivity contribution in [2.45, 2.75) is 25.5 Å². The third kappa shape index (κ3) is 4.64. The van der Waals surface area contributed by atoms with E-state index in [1.165, 1.54) is 5.56 Å². The second-order valence-corrected chi connectivity index (χ2v) is 8.50. The molecule has 0 aliphatic carbocycles. The number of nitrogens with one attached hydrogen (secondary N) is 2. The van der Waals surface area contributed by atoms with Gasteiger partial charge in [0.25, 0.3) is 11.8 Å². The Morgan fingerprint density at radius 1 is 1.10 bits per heavy atom. The van der Waals surface area contributed by atoms with E-state index in [0.29, 0.717) is 22.8 Å². The van der Waals surface area contributed by atoms with Crippen LogP contribution < -0.4 is 10.6 Å². The highest BCUT2D eigenvalue weighted by Crippen LogP contribution is 2.27. The molecule has 4 rings (SSSR count). The monoisotopic (exact) mass is 469 g/mol. The molecule has 2 aromatic carbocycles. The average molecular weight is 470 g/mol. The van der Waals surface area contributed by atoms with Crippen LogP contribution in [-0.2, 0) is 16.1 Å². The summed E-state index contributed by atoms with van der Waals surface area (Å²) >= 11 is 3.41. The summed E-state index contributed by atoms with van der Waals surface area (Å²) in [5.41, 5.74) is 3.65. The predicted molar refractivity (Wildman–Crippen MR) is 120 cm³/mol. The van der Waals surface area contributed by atoms with Crippen molar-refractivity contribution in [1.82, 2.24) is 10.2 Å². The zero-order valence-electron chi connectivity index (χ0n) is 16.8. The summed E-state index contributed by atoms with van der Waals surface area (Å²) in [6.07, 6.45) is 4.19. The molecule has 2 aromatic rings. The fourth-order valence-corrected chi connectivity index (χ4v) is 4.22. The quantitative estimate of drug-likeness (QED) is 0.514. The maximum atomic E-state index is 12.4. The van der Waals surface area contributed by atoms with Crippen LogP contribution in [0.5, 0.6) is 0 Å². The molecule has 2 aliphatic heterocycles. The second-order valence-electron chi connectivity index (χ2n) is 7.58. The first-order valence-electron chi connectivity index (χ1n) is 10.00. The molecule has 30 heavy (non-hydrogen) atoms. The van der Waals surface area contributed by atoms with Crippen LogP contribution in [0.2, 0.25) is 0 Å². The number of halogens is 1. The number of nitrogens with zero attached hydrogens (tertiary/aromatic N) is 1. The maximum absolute atomic E-state index is 12.4. The van der Waals surface area contributed by atoms with Crippen molar-refractivity contribution >= 4 is 39.0 Å². The van der Waals surface area contributed by atoms with Crippen LogP contribution >= 0.6 is 15.9 Å². The smallest absolute Gasteiger partial charge is 0.260 e. The topological polar surface area (TPSA) is 70.7 Å². The number of ether oxygens (including phenoxy) is 1. The summed E-state index contributed by atoms with van der Waals surface area (Å²) in [7, 11) is 1.79. The summed E-state index contributed by atoms with van der Waals surface area (Å²) in [6, 6.07) is 13.5. The number of likely N-dealkylation sites (tertiary alicyclic amines) is 1. The number of methoxy groups -OCH3 is 1. The van der Waals surface area contributed by atoms with Crippen molar-refractivity contribution in [2.75, 3.05) is 25.5 Å². The molecule has 0 unspecified atom stereocenters. The van der Waals surface area contributed by atoms with Gasteiger partial charge in [0.1, 0.15) is 0 Å². The number of imide groups is 1. The molecule has 2 amide bonds. The van der Waals surface area contributed by atoms with E-state index < -0.39 is 5.91 Å². The Balaban J connectivity index is 1.43. The number of benzene rings is 2. The van der Waals surface area contributed by atoms with Crippen molar-refractivity contribution in [1.29, 1.82) is 0 Å². The number of rotatable bonds is 5. The molecule has 2 heterocycles. The second kappa shape index (κ2) is 9.12. The zero-order chi connectivity index (χ0) is 21.1. The van der Waals surface area contributed by atoms with Gasteiger partial charge in [-0.05, 0) is 48.7 Å². The maximum Gasteiger partial charge on any atom is 0.260 e. The molecule has 0 spiro atoms. The summed E-state index contributed by atoms with van der Waals surface area (Å²) < 4.78 is 6.25. The Bertz CT molecular complexity index is 980. The van der Waals surface area contributed by atoms with E-state index >= 15 is 0 Å². The van der Waals surface area contributed by atoms with Crippen molar-refractivity contribution in [3.05, 3.63) is 69.8 Å². The lowest BCUT2D eigenvalue weighted by atomic mass is 9.95. The third-order valence-corrected chi connectivity index (χ3v) is 6.09. The summed E-state index contributed by atoms with van der Waals surface area (Å²) in [4.78, 5) is 26.9. The molecular formula is C23H24BrN3O3. The van der Waals surface area contributed by atoms with Crippen molar-refractivity contribution in [2.24, 2.45) is 0 Å². The van der Waals surface area contributed by atoms with Crippen LogP contribution in [0.4, 0.5) is 5.69 Å². The van der Waals surface area contributed by atoms with E-state index in [1.807, 2.05) is 12.1 Å². The minimum absolute atomic E-state index is 0.376. The van der Waals surface area contributed by atoms with Gasteiger partial charge < -0.3 is 10.1 Å². The van der Waals surface area contributed by atoms with Gasteiger partial charge in [-0.15, -0.1) is 0 Å². The van der Waals surface area contributed by atoms with Crippen molar-refractivity contribution in [3.63, 3.8) is 0 Å². The molecule has 7 heteroatoms. The summed E-state index contributed by atoms with van der Waals surface area (Å²) in [5, 5.41) is 5.57. The van der Waals surface area contributed by atoms with Gasteiger partial charge >= 0.3 is 0 Å². The van der Waals surface area contributed by atoms with Gasteiger partial charge in [-0.2, -0.15) is 0 Å². The normalized spacial score (nSPS) is 18.9. The first kappa shape index (κ1) is 20.8. The first-order chi connectivity index (χ1) is 14.5. The van der Waals surface area contributed by atoms with E-state index in [0.717, 1.165) is 42.6 Å². The molecular weight excluding hydrogens is 446 g/mol. The van der Waals surface area contributed by atoms with Crippen molar-refractivity contribution in [3.8, 4) is 0 Å². The Morgan fingerprint density at radius 2 is 1.83 bits per heavy atom. The van der Waals surface area contributed by atoms with Gasteiger partial charge in [-0.3, -0.25) is 19.8 Å². The highest BCUT2D eigenvalue weighted by Gasteiger charge is 2.27. The van der Waals surface area contributed by atoms with Crippen LogP contribution in [0, 0.1) is 0 Å².